The second-order valence-corrected chi connectivity index (χ2v) is 7.68. The van der Waals surface area contributed by atoms with E-state index < -0.39 is 0 Å². The lowest BCUT2D eigenvalue weighted by atomic mass is 10.1. The number of hydrogen-bond donors (Lipinski definition) is 1. The van der Waals surface area contributed by atoms with Gasteiger partial charge in [-0.1, -0.05) is 0 Å². The zero-order valence-corrected chi connectivity index (χ0v) is 15.7. The minimum atomic E-state index is -0.237. The largest absolute Gasteiger partial charge is 0.356 e. The van der Waals surface area contributed by atoms with Crippen LogP contribution in [0.3, 0.4) is 0 Å². The van der Waals surface area contributed by atoms with Crippen molar-refractivity contribution in [2.75, 3.05) is 43.9 Å². The molecule has 0 aromatic heterocycles. The van der Waals surface area contributed by atoms with Crippen LogP contribution >= 0.6 is 11.8 Å². The smallest absolute Gasteiger partial charge is 0.227 e. The van der Waals surface area contributed by atoms with Crippen molar-refractivity contribution < 1.29 is 9.59 Å². The Morgan fingerprint density at radius 2 is 1.96 bits per heavy atom. The van der Waals surface area contributed by atoms with Gasteiger partial charge in [-0.2, -0.15) is 0 Å². The monoisotopic (exact) mass is 361 g/mol. The van der Waals surface area contributed by atoms with E-state index in [1.807, 2.05) is 30.5 Å². The molecule has 2 amide bonds. The van der Waals surface area contributed by atoms with E-state index in [0.717, 1.165) is 18.7 Å². The third kappa shape index (κ3) is 4.76. The van der Waals surface area contributed by atoms with Crippen molar-refractivity contribution in [3.8, 4) is 0 Å². The van der Waals surface area contributed by atoms with Gasteiger partial charge in [-0.3, -0.25) is 9.59 Å². The first-order valence-corrected chi connectivity index (χ1v) is 10.3. The van der Waals surface area contributed by atoms with Crippen LogP contribution in [0.4, 0.5) is 5.69 Å². The Morgan fingerprint density at radius 3 is 2.64 bits per heavy atom. The van der Waals surface area contributed by atoms with Crippen molar-refractivity contribution in [1.82, 2.24) is 10.2 Å². The van der Waals surface area contributed by atoms with Crippen LogP contribution in [0.25, 0.3) is 0 Å². The molecule has 0 bridgehead atoms. The van der Waals surface area contributed by atoms with E-state index >= 15 is 0 Å². The molecule has 1 N–H and O–H groups in total. The number of benzene rings is 1. The first-order chi connectivity index (χ1) is 12.2. The van der Waals surface area contributed by atoms with Crippen LogP contribution in [0, 0.1) is 5.92 Å². The van der Waals surface area contributed by atoms with Crippen LogP contribution in [0.1, 0.15) is 25.7 Å². The molecule has 136 valence electrons. The molecule has 0 saturated carbocycles. The fraction of sp³-hybridized carbons (Fsp3) is 0.579. The molecule has 1 aromatic carbocycles. The van der Waals surface area contributed by atoms with Crippen molar-refractivity contribution in [3.05, 3.63) is 24.3 Å². The van der Waals surface area contributed by atoms with Gasteiger partial charge in [0.1, 0.15) is 0 Å². The Labute approximate surface area is 154 Å². The van der Waals surface area contributed by atoms with Crippen LogP contribution in [0.5, 0.6) is 0 Å². The molecule has 2 saturated heterocycles. The lowest BCUT2D eigenvalue weighted by Gasteiger charge is -2.17. The number of rotatable bonds is 7. The van der Waals surface area contributed by atoms with Crippen molar-refractivity contribution >= 4 is 29.3 Å². The van der Waals surface area contributed by atoms with E-state index in [2.05, 4.69) is 10.2 Å². The van der Waals surface area contributed by atoms with Crippen LogP contribution < -0.4 is 10.2 Å². The molecule has 2 aliphatic heterocycles. The summed E-state index contributed by atoms with van der Waals surface area (Å²) in [7, 11) is 0. The molecule has 25 heavy (non-hydrogen) atoms. The van der Waals surface area contributed by atoms with E-state index in [-0.39, 0.29) is 17.7 Å². The van der Waals surface area contributed by atoms with Crippen molar-refractivity contribution in [3.63, 3.8) is 0 Å². The molecule has 3 rings (SSSR count). The predicted octanol–water partition coefficient (Wildman–Crippen LogP) is 2.36. The number of anilines is 1. The molecular weight excluding hydrogens is 334 g/mol. The maximum Gasteiger partial charge on any atom is 0.227 e. The Morgan fingerprint density at radius 1 is 1.24 bits per heavy atom. The fourth-order valence-corrected chi connectivity index (χ4v) is 3.97. The molecule has 0 radical (unpaired) electrons. The van der Waals surface area contributed by atoms with E-state index in [1.54, 1.807) is 16.7 Å². The molecule has 1 atom stereocenters. The Kier molecular flexibility index (Phi) is 6.37. The molecule has 2 heterocycles. The van der Waals surface area contributed by atoms with Crippen LogP contribution in [0.2, 0.25) is 0 Å². The molecule has 0 unspecified atom stereocenters. The average Bonchev–Trinajstić information content (AvgIpc) is 3.28. The minimum absolute atomic E-state index is 0.0120. The van der Waals surface area contributed by atoms with Crippen molar-refractivity contribution in [2.45, 2.75) is 30.6 Å². The molecule has 1 aromatic rings. The average molecular weight is 362 g/mol. The van der Waals surface area contributed by atoms with Crippen LogP contribution in [-0.4, -0.2) is 55.7 Å². The van der Waals surface area contributed by atoms with Gasteiger partial charge in [-0.15, -0.1) is 11.8 Å². The molecule has 2 aliphatic rings. The zero-order valence-electron chi connectivity index (χ0n) is 14.9. The Hall–Kier alpha value is -1.53. The summed E-state index contributed by atoms with van der Waals surface area (Å²) in [5.41, 5.74) is 0.882. The van der Waals surface area contributed by atoms with Crippen LogP contribution in [0.15, 0.2) is 29.2 Å². The zero-order chi connectivity index (χ0) is 17.6. The summed E-state index contributed by atoms with van der Waals surface area (Å²) in [5.74, 6) is -0.188. The number of amides is 2. The maximum atomic E-state index is 12.4. The highest BCUT2D eigenvalue weighted by atomic mass is 32.2. The number of hydrogen-bond acceptors (Lipinski definition) is 4. The van der Waals surface area contributed by atoms with Gasteiger partial charge >= 0.3 is 0 Å². The third-order valence-electron chi connectivity index (χ3n) is 5.03. The summed E-state index contributed by atoms with van der Waals surface area (Å²) in [6.07, 6.45) is 5.91. The van der Waals surface area contributed by atoms with E-state index in [4.69, 9.17) is 0 Å². The first kappa shape index (κ1) is 18.3. The highest BCUT2D eigenvalue weighted by Crippen LogP contribution is 2.27. The summed E-state index contributed by atoms with van der Waals surface area (Å²) in [5, 5.41) is 3.01. The standard InChI is InChI=1S/C19H27N3O2S/c1-25-17-7-5-16(6-8-17)22-14-15(13-18(22)23)19(24)20-9-4-12-21-10-2-3-11-21/h5-8,15H,2-4,9-14H2,1H3,(H,20,24)/t15-/m1/s1. The van der Waals surface area contributed by atoms with Gasteiger partial charge in [-0.05, 0) is 69.4 Å². The number of carbonyl (C=O) groups excluding carboxylic acids is 2. The Bertz CT molecular complexity index is 599. The molecule has 0 spiro atoms. The Balaban J connectivity index is 1.45. The lowest BCUT2D eigenvalue weighted by molar-refractivity contribution is -0.126. The number of likely N-dealkylation sites (tertiary alicyclic amines) is 1. The van der Waals surface area contributed by atoms with Gasteiger partial charge in [0.05, 0.1) is 5.92 Å². The van der Waals surface area contributed by atoms with E-state index in [9.17, 15) is 9.59 Å². The van der Waals surface area contributed by atoms with Gasteiger partial charge in [0.15, 0.2) is 0 Å². The number of nitrogens with zero attached hydrogens (tertiary/aromatic N) is 2. The molecule has 2 fully saturated rings. The molecule has 0 aliphatic carbocycles. The van der Waals surface area contributed by atoms with Gasteiger partial charge in [0, 0.05) is 30.1 Å². The summed E-state index contributed by atoms with van der Waals surface area (Å²) >= 11 is 1.68. The van der Waals surface area contributed by atoms with E-state index in [0.29, 0.717) is 19.5 Å². The van der Waals surface area contributed by atoms with Gasteiger partial charge < -0.3 is 15.1 Å². The van der Waals surface area contributed by atoms with E-state index in [1.165, 1.54) is 30.8 Å². The SMILES string of the molecule is CSc1ccc(N2C[C@H](C(=O)NCCCN3CCCC3)CC2=O)cc1. The van der Waals surface area contributed by atoms with Gasteiger partial charge in [0.25, 0.3) is 0 Å². The molecule has 6 heteroatoms. The first-order valence-electron chi connectivity index (χ1n) is 9.12. The quantitative estimate of drug-likeness (QED) is 0.598. The highest BCUT2D eigenvalue weighted by molar-refractivity contribution is 7.98. The number of carbonyl (C=O) groups is 2. The predicted molar refractivity (Wildman–Crippen MR) is 102 cm³/mol. The van der Waals surface area contributed by atoms with Crippen molar-refractivity contribution in [2.24, 2.45) is 5.92 Å². The summed E-state index contributed by atoms with van der Waals surface area (Å²) in [6, 6.07) is 7.94. The number of thioether (sulfide) groups is 1. The highest BCUT2D eigenvalue weighted by Gasteiger charge is 2.34. The lowest BCUT2D eigenvalue weighted by Crippen LogP contribution is -2.34. The maximum absolute atomic E-state index is 12.4. The molecule has 5 nitrogen and oxygen atoms in total. The second-order valence-electron chi connectivity index (χ2n) is 6.80. The topological polar surface area (TPSA) is 52.7 Å². The third-order valence-corrected chi connectivity index (χ3v) is 5.77. The summed E-state index contributed by atoms with van der Waals surface area (Å²) < 4.78 is 0. The normalized spacial score (nSPS) is 21.1. The fourth-order valence-electron chi connectivity index (χ4n) is 3.56. The second kappa shape index (κ2) is 8.72. The summed E-state index contributed by atoms with van der Waals surface area (Å²) in [6.45, 7) is 4.61. The number of nitrogens with one attached hydrogen (secondary N) is 1. The molecular formula is C19H27N3O2S. The summed E-state index contributed by atoms with van der Waals surface area (Å²) in [4.78, 5) is 30.0. The van der Waals surface area contributed by atoms with Crippen molar-refractivity contribution in [1.29, 1.82) is 0 Å². The van der Waals surface area contributed by atoms with Gasteiger partial charge in [-0.25, -0.2) is 0 Å². The van der Waals surface area contributed by atoms with Gasteiger partial charge in [0.2, 0.25) is 11.8 Å². The van der Waals surface area contributed by atoms with Crippen LogP contribution in [-0.2, 0) is 9.59 Å². The minimum Gasteiger partial charge on any atom is -0.356 e.